The fraction of sp³-hybridized carbons (Fsp3) is 0.833. The van der Waals surface area contributed by atoms with E-state index in [1.807, 2.05) is 6.92 Å². The van der Waals surface area contributed by atoms with Gasteiger partial charge in [-0.25, -0.2) is 0 Å². The van der Waals surface area contributed by atoms with Crippen LogP contribution in [0.3, 0.4) is 0 Å². The molecule has 2 N–H and O–H groups in total. The summed E-state index contributed by atoms with van der Waals surface area (Å²) in [5, 5.41) is 20.4. The van der Waals surface area contributed by atoms with Crippen molar-refractivity contribution < 1.29 is 10.2 Å². The first-order valence-corrected chi connectivity index (χ1v) is 5.35. The highest BCUT2D eigenvalue weighted by molar-refractivity contribution is 5.34. The number of hydrogen-bond acceptors (Lipinski definition) is 2. The van der Waals surface area contributed by atoms with Crippen LogP contribution in [0, 0.1) is 16.7 Å². The first-order valence-electron chi connectivity index (χ1n) is 5.35. The Hall–Kier alpha value is -0.340. The van der Waals surface area contributed by atoms with Gasteiger partial charge in [-0.2, -0.15) is 0 Å². The molecule has 2 nitrogen and oxygen atoms in total. The summed E-state index contributed by atoms with van der Waals surface area (Å²) in [6.45, 7) is 10.0. The molecular formula is C12H20O2. The standard InChI is InChI=1S/C12H20O2/c1-5-12(14)9-10(2,3)7-6-8(13)11(9,12)4/h5,8-9,13-14H,1,6-7H2,2-4H3/t8-,9-,11+,12-/m0/s1. The van der Waals surface area contributed by atoms with E-state index in [0.717, 1.165) is 12.8 Å². The van der Waals surface area contributed by atoms with Crippen molar-refractivity contribution in [1.82, 2.24) is 0 Å². The summed E-state index contributed by atoms with van der Waals surface area (Å²) in [7, 11) is 0. The molecule has 0 aromatic carbocycles. The summed E-state index contributed by atoms with van der Waals surface area (Å²) in [5.74, 6) is 0.156. The van der Waals surface area contributed by atoms with E-state index in [0.29, 0.717) is 0 Å². The van der Waals surface area contributed by atoms with Crippen LogP contribution in [0.15, 0.2) is 12.7 Å². The number of fused-ring (bicyclic) bond motifs is 1. The maximum Gasteiger partial charge on any atom is 0.0947 e. The van der Waals surface area contributed by atoms with Gasteiger partial charge in [0.2, 0.25) is 0 Å². The van der Waals surface area contributed by atoms with E-state index in [4.69, 9.17) is 0 Å². The Bertz CT molecular complexity index is 284. The van der Waals surface area contributed by atoms with Crippen LogP contribution in [0.2, 0.25) is 0 Å². The summed E-state index contributed by atoms with van der Waals surface area (Å²) < 4.78 is 0. The summed E-state index contributed by atoms with van der Waals surface area (Å²) >= 11 is 0. The summed E-state index contributed by atoms with van der Waals surface area (Å²) in [4.78, 5) is 0. The molecule has 0 unspecified atom stereocenters. The average molecular weight is 196 g/mol. The van der Waals surface area contributed by atoms with Crippen molar-refractivity contribution in [2.24, 2.45) is 16.7 Å². The smallest absolute Gasteiger partial charge is 0.0947 e. The van der Waals surface area contributed by atoms with Crippen LogP contribution in [-0.2, 0) is 0 Å². The molecule has 2 heteroatoms. The molecule has 0 aliphatic heterocycles. The SMILES string of the molecule is C=C[C@]1(O)[C@H]2C(C)(C)CC[C@H](O)[C@]21C. The molecule has 2 aliphatic rings. The lowest BCUT2D eigenvalue weighted by molar-refractivity contribution is 0.0116. The molecule has 0 aromatic rings. The quantitative estimate of drug-likeness (QED) is 0.627. The Balaban J connectivity index is 2.41. The summed E-state index contributed by atoms with van der Waals surface area (Å²) in [6.07, 6.45) is 3.00. The third-order valence-electron chi connectivity index (χ3n) is 4.67. The fourth-order valence-corrected chi connectivity index (χ4v) is 3.81. The molecular weight excluding hydrogens is 176 g/mol. The lowest BCUT2D eigenvalue weighted by Crippen LogP contribution is -2.33. The Morgan fingerprint density at radius 1 is 1.36 bits per heavy atom. The minimum Gasteiger partial charge on any atom is -0.392 e. The van der Waals surface area contributed by atoms with Crippen molar-refractivity contribution in [3.63, 3.8) is 0 Å². The van der Waals surface area contributed by atoms with Crippen molar-refractivity contribution in [2.75, 3.05) is 0 Å². The van der Waals surface area contributed by atoms with E-state index < -0.39 is 5.60 Å². The van der Waals surface area contributed by atoms with Gasteiger partial charge in [-0.1, -0.05) is 26.8 Å². The zero-order valence-corrected chi connectivity index (χ0v) is 9.25. The molecule has 0 heterocycles. The van der Waals surface area contributed by atoms with Crippen LogP contribution in [-0.4, -0.2) is 21.9 Å². The molecule has 0 saturated heterocycles. The average Bonchev–Trinajstić information content (AvgIpc) is 2.63. The zero-order chi connectivity index (χ0) is 10.8. The third-order valence-corrected chi connectivity index (χ3v) is 4.67. The minimum absolute atomic E-state index is 0.108. The van der Waals surface area contributed by atoms with Crippen LogP contribution >= 0.6 is 0 Å². The Kier molecular flexibility index (Phi) is 1.76. The Morgan fingerprint density at radius 2 is 1.93 bits per heavy atom. The molecule has 0 bridgehead atoms. The Morgan fingerprint density at radius 3 is 2.36 bits per heavy atom. The van der Waals surface area contributed by atoms with Crippen molar-refractivity contribution in [3.05, 3.63) is 12.7 Å². The van der Waals surface area contributed by atoms with Gasteiger partial charge in [0.15, 0.2) is 0 Å². The highest BCUT2D eigenvalue weighted by Gasteiger charge is 2.79. The van der Waals surface area contributed by atoms with Gasteiger partial charge in [-0.3, -0.25) is 0 Å². The van der Waals surface area contributed by atoms with E-state index in [1.54, 1.807) is 6.08 Å². The van der Waals surface area contributed by atoms with E-state index in [2.05, 4.69) is 20.4 Å². The minimum atomic E-state index is -0.855. The highest BCUT2D eigenvalue weighted by Crippen LogP contribution is 2.74. The predicted octanol–water partition coefficient (Wildman–Crippen LogP) is 1.72. The van der Waals surface area contributed by atoms with Gasteiger partial charge in [0, 0.05) is 11.3 Å². The molecule has 14 heavy (non-hydrogen) atoms. The molecule has 2 aliphatic carbocycles. The number of hydrogen-bond donors (Lipinski definition) is 2. The largest absolute Gasteiger partial charge is 0.392 e. The highest BCUT2D eigenvalue weighted by atomic mass is 16.3. The lowest BCUT2D eigenvalue weighted by atomic mass is 9.71. The second kappa shape index (κ2) is 2.42. The molecule has 80 valence electrons. The molecule has 0 amide bonds. The maximum absolute atomic E-state index is 10.4. The number of rotatable bonds is 1. The van der Waals surface area contributed by atoms with Crippen LogP contribution in [0.25, 0.3) is 0 Å². The van der Waals surface area contributed by atoms with E-state index in [-0.39, 0.29) is 22.9 Å². The second-order valence-corrected chi connectivity index (χ2v) is 5.79. The Labute approximate surface area is 85.6 Å². The van der Waals surface area contributed by atoms with Crippen LogP contribution in [0.1, 0.15) is 33.6 Å². The van der Waals surface area contributed by atoms with Gasteiger partial charge >= 0.3 is 0 Å². The first kappa shape index (κ1) is 10.2. The van der Waals surface area contributed by atoms with Gasteiger partial charge in [-0.05, 0) is 18.3 Å². The molecule has 2 rings (SSSR count). The van der Waals surface area contributed by atoms with Crippen molar-refractivity contribution in [1.29, 1.82) is 0 Å². The molecule has 2 fully saturated rings. The molecule has 0 spiro atoms. The predicted molar refractivity (Wildman–Crippen MR) is 55.8 cm³/mol. The van der Waals surface area contributed by atoms with Gasteiger partial charge in [0.25, 0.3) is 0 Å². The van der Waals surface area contributed by atoms with E-state index in [9.17, 15) is 10.2 Å². The van der Waals surface area contributed by atoms with Crippen LogP contribution in [0.4, 0.5) is 0 Å². The summed E-state index contributed by atoms with van der Waals surface area (Å²) in [6, 6.07) is 0. The first-order chi connectivity index (χ1) is 6.30. The third kappa shape index (κ3) is 0.842. The number of aliphatic hydroxyl groups is 2. The van der Waals surface area contributed by atoms with E-state index in [1.165, 1.54) is 0 Å². The van der Waals surface area contributed by atoms with Gasteiger partial charge in [0.1, 0.15) is 0 Å². The summed E-state index contributed by atoms with van der Waals surface area (Å²) in [5.41, 5.74) is -1.11. The monoisotopic (exact) mass is 196 g/mol. The molecule has 4 atom stereocenters. The van der Waals surface area contributed by atoms with Gasteiger partial charge in [0.05, 0.1) is 11.7 Å². The van der Waals surface area contributed by atoms with Crippen molar-refractivity contribution in [3.8, 4) is 0 Å². The fourth-order valence-electron chi connectivity index (χ4n) is 3.81. The normalized spacial score (nSPS) is 54.9. The van der Waals surface area contributed by atoms with Crippen LogP contribution in [0.5, 0.6) is 0 Å². The lowest BCUT2D eigenvalue weighted by Gasteiger charge is -2.35. The van der Waals surface area contributed by atoms with Gasteiger partial charge < -0.3 is 10.2 Å². The second-order valence-electron chi connectivity index (χ2n) is 5.79. The number of aliphatic hydroxyl groups excluding tert-OH is 1. The molecule has 0 radical (unpaired) electrons. The van der Waals surface area contributed by atoms with E-state index >= 15 is 0 Å². The van der Waals surface area contributed by atoms with Crippen molar-refractivity contribution >= 4 is 0 Å². The topological polar surface area (TPSA) is 40.5 Å². The van der Waals surface area contributed by atoms with Crippen molar-refractivity contribution in [2.45, 2.75) is 45.3 Å². The van der Waals surface area contributed by atoms with Crippen LogP contribution < -0.4 is 0 Å². The molecule has 2 saturated carbocycles. The zero-order valence-electron chi connectivity index (χ0n) is 9.25. The maximum atomic E-state index is 10.4. The molecule has 0 aromatic heterocycles. The van der Waals surface area contributed by atoms with Gasteiger partial charge in [-0.15, -0.1) is 6.58 Å².